The first-order valence-corrected chi connectivity index (χ1v) is 3.65. The van der Waals surface area contributed by atoms with Crippen molar-refractivity contribution < 1.29 is 4.79 Å². The van der Waals surface area contributed by atoms with Gasteiger partial charge in [-0.05, 0) is 18.1 Å². The van der Waals surface area contributed by atoms with Crippen LogP contribution < -0.4 is 4.90 Å². The summed E-state index contributed by atoms with van der Waals surface area (Å²) in [4.78, 5) is 12.0. The second kappa shape index (κ2) is 2.38. The van der Waals surface area contributed by atoms with Gasteiger partial charge in [0.15, 0.2) is 0 Å². The van der Waals surface area contributed by atoms with Crippen LogP contribution in [0.4, 0.5) is 5.69 Å². The minimum atomic E-state index is 0.781. The summed E-state index contributed by atoms with van der Waals surface area (Å²) in [6.45, 7) is 0.781. The highest BCUT2D eigenvalue weighted by molar-refractivity contribution is 5.79. The summed E-state index contributed by atoms with van der Waals surface area (Å²) in [6, 6.07) is 7.93. The van der Waals surface area contributed by atoms with E-state index in [2.05, 4.69) is 0 Å². The van der Waals surface area contributed by atoms with E-state index in [1.54, 1.807) is 4.90 Å². The van der Waals surface area contributed by atoms with E-state index in [0.29, 0.717) is 0 Å². The van der Waals surface area contributed by atoms with Crippen molar-refractivity contribution in [1.29, 1.82) is 0 Å². The summed E-state index contributed by atoms with van der Waals surface area (Å²) < 4.78 is 0. The molecule has 0 fully saturated rings. The van der Waals surface area contributed by atoms with E-state index in [4.69, 9.17) is 0 Å². The maximum Gasteiger partial charge on any atom is 0.316 e. The van der Waals surface area contributed by atoms with Gasteiger partial charge in [0.25, 0.3) is 0 Å². The number of para-hydroxylation sites is 1. The number of benzene rings is 1. The summed E-state index contributed by atoms with van der Waals surface area (Å²) >= 11 is 0. The lowest BCUT2D eigenvalue weighted by Crippen LogP contribution is -2.16. The predicted octanol–water partition coefficient (Wildman–Crippen LogP) is 1.12. The molecule has 55 valence electrons. The molecule has 0 spiro atoms. The Morgan fingerprint density at radius 2 is 2.18 bits per heavy atom. The highest BCUT2D eigenvalue weighted by atomic mass is 16.1. The number of anilines is 1. The van der Waals surface area contributed by atoms with Crippen molar-refractivity contribution in [1.82, 2.24) is 0 Å². The fraction of sp³-hybridized carbons (Fsp3) is 0.222. The molecular formula is C9H8NO. The fourth-order valence-corrected chi connectivity index (χ4v) is 1.43. The quantitative estimate of drug-likeness (QED) is 0.581. The zero-order valence-electron chi connectivity index (χ0n) is 6.08. The number of rotatable bonds is 1. The monoisotopic (exact) mass is 146 g/mol. The Bertz CT molecular complexity index is 283. The molecule has 2 nitrogen and oxygen atoms in total. The SMILES string of the molecule is O=[C]N1CCc2ccccc21. The number of hydrogen-bond donors (Lipinski definition) is 0. The van der Waals surface area contributed by atoms with Gasteiger partial charge in [-0.1, -0.05) is 18.2 Å². The topological polar surface area (TPSA) is 20.3 Å². The Labute approximate surface area is 65.4 Å². The molecule has 0 saturated carbocycles. The summed E-state index contributed by atoms with van der Waals surface area (Å²) in [5.41, 5.74) is 2.26. The van der Waals surface area contributed by atoms with Gasteiger partial charge >= 0.3 is 6.41 Å². The molecule has 1 aliphatic rings. The van der Waals surface area contributed by atoms with Gasteiger partial charge in [0, 0.05) is 12.2 Å². The van der Waals surface area contributed by atoms with Crippen molar-refractivity contribution >= 4 is 12.1 Å². The molecule has 2 heteroatoms. The molecule has 2 rings (SSSR count). The average molecular weight is 146 g/mol. The van der Waals surface area contributed by atoms with Gasteiger partial charge in [-0.25, -0.2) is 0 Å². The molecule has 1 aromatic rings. The first-order chi connectivity index (χ1) is 5.42. The standard InChI is InChI=1S/C9H8NO/c11-7-10-6-5-8-3-1-2-4-9(8)10/h1-4H,5-6H2. The average Bonchev–Trinajstić information content (AvgIpc) is 2.47. The third-order valence-electron chi connectivity index (χ3n) is 2.00. The maximum atomic E-state index is 10.4. The van der Waals surface area contributed by atoms with Crippen molar-refractivity contribution in [3.05, 3.63) is 29.8 Å². The lowest BCUT2D eigenvalue weighted by atomic mass is 10.2. The number of nitrogens with zero attached hydrogens (tertiary/aromatic N) is 1. The zero-order valence-corrected chi connectivity index (χ0v) is 6.08. The fourth-order valence-electron chi connectivity index (χ4n) is 1.43. The summed E-state index contributed by atoms with van der Waals surface area (Å²) in [5, 5.41) is 0. The smallest absolute Gasteiger partial charge is 0.304 e. The molecule has 0 saturated heterocycles. The van der Waals surface area contributed by atoms with E-state index in [1.165, 1.54) is 5.56 Å². The summed E-state index contributed by atoms with van der Waals surface area (Å²) in [6.07, 6.45) is 2.87. The van der Waals surface area contributed by atoms with Crippen molar-refractivity contribution in [2.24, 2.45) is 0 Å². The molecule has 1 aliphatic heterocycles. The van der Waals surface area contributed by atoms with Gasteiger partial charge in [0.05, 0.1) is 0 Å². The van der Waals surface area contributed by atoms with Gasteiger partial charge in [-0.2, -0.15) is 0 Å². The van der Waals surface area contributed by atoms with Crippen LogP contribution in [0.15, 0.2) is 24.3 Å². The van der Waals surface area contributed by atoms with Crippen LogP contribution >= 0.6 is 0 Å². The molecule has 1 amide bonds. The number of fused-ring (bicyclic) bond motifs is 1. The van der Waals surface area contributed by atoms with E-state index in [-0.39, 0.29) is 0 Å². The van der Waals surface area contributed by atoms with Crippen molar-refractivity contribution in [3.8, 4) is 0 Å². The van der Waals surface area contributed by atoms with Crippen LogP contribution in [-0.2, 0) is 11.2 Å². The number of carbonyl (C=O) groups excluding carboxylic acids is 1. The Kier molecular flexibility index (Phi) is 1.39. The number of amides is 1. The number of hydrogen-bond acceptors (Lipinski definition) is 1. The van der Waals surface area contributed by atoms with Crippen LogP contribution in [0, 0.1) is 0 Å². The zero-order chi connectivity index (χ0) is 7.68. The first kappa shape index (κ1) is 6.40. The van der Waals surface area contributed by atoms with Crippen LogP contribution in [0.3, 0.4) is 0 Å². The molecule has 0 aliphatic carbocycles. The highest BCUT2D eigenvalue weighted by Crippen LogP contribution is 2.25. The van der Waals surface area contributed by atoms with Crippen LogP contribution in [0.25, 0.3) is 0 Å². The minimum Gasteiger partial charge on any atom is -0.304 e. The van der Waals surface area contributed by atoms with Gasteiger partial charge in [-0.3, -0.25) is 4.79 Å². The predicted molar refractivity (Wildman–Crippen MR) is 43.2 cm³/mol. The Balaban J connectivity index is 2.46. The normalized spacial score (nSPS) is 14.7. The molecule has 0 bridgehead atoms. The van der Waals surface area contributed by atoms with Crippen molar-refractivity contribution in [2.45, 2.75) is 6.42 Å². The Hall–Kier alpha value is -1.31. The summed E-state index contributed by atoms with van der Waals surface area (Å²) in [7, 11) is 0. The second-order valence-corrected chi connectivity index (χ2v) is 2.62. The molecule has 11 heavy (non-hydrogen) atoms. The van der Waals surface area contributed by atoms with Crippen LogP contribution in [-0.4, -0.2) is 13.0 Å². The van der Waals surface area contributed by atoms with E-state index in [9.17, 15) is 4.79 Å². The molecule has 0 unspecified atom stereocenters. The van der Waals surface area contributed by atoms with E-state index in [0.717, 1.165) is 18.7 Å². The third kappa shape index (κ3) is 0.909. The molecule has 1 heterocycles. The van der Waals surface area contributed by atoms with E-state index >= 15 is 0 Å². The van der Waals surface area contributed by atoms with Gasteiger partial charge in [-0.15, -0.1) is 0 Å². The second-order valence-electron chi connectivity index (χ2n) is 2.62. The summed E-state index contributed by atoms with van der Waals surface area (Å²) in [5.74, 6) is 0. The van der Waals surface area contributed by atoms with Gasteiger partial charge in [0.2, 0.25) is 0 Å². The molecule has 0 N–H and O–H groups in total. The largest absolute Gasteiger partial charge is 0.316 e. The molecule has 0 atom stereocenters. The first-order valence-electron chi connectivity index (χ1n) is 3.65. The van der Waals surface area contributed by atoms with Gasteiger partial charge < -0.3 is 4.90 Å². The maximum absolute atomic E-state index is 10.4. The van der Waals surface area contributed by atoms with E-state index < -0.39 is 0 Å². The molecule has 0 aromatic heterocycles. The highest BCUT2D eigenvalue weighted by Gasteiger charge is 2.17. The third-order valence-corrected chi connectivity index (χ3v) is 2.00. The van der Waals surface area contributed by atoms with Crippen LogP contribution in [0.5, 0.6) is 0 Å². The lowest BCUT2D eigenvalue weighted by Gasteiger charge is -2.06. The Morgan fingerprint density at radius 1 is 1.36 bits per heavy atom. The molecule has 1 radical (unpaired) electrons. The van der Waals surface area contributed by atoms with Crippen molar-refractivity contribution in [3.63, 3.8) is 0 Å². The van der Waals surface area contributed by atoms with Crippen LogP contribution in [0.1, 0.15) is 5.56 Å². The minimum absolute atomic E-state index is 0.781. The lowest BCUT2D eigenvalue weighted by molar-refractivity contribution is 0.552. The molecular weight excluding hydrogens is 138 g/mol. The van der Waals surface area contributed by atoms with Gasteiger partial charge in [0.1, 0.15) is 0 Å². The van der Waals surface area contributed by atoms with E-state index in [1.807, 2.05) is 30.7 Å². The molecule has 1 aromatic carbocycles. The van der Waals surface area contributed by atoms with Crippen molar-refractivity contribution in [2.75, 3.05) is 11.4 Å². The van der Waals surface area contributed by atoms with Crippen LogP contribution in [0.2, 0.25) is 0 Å². The Morgan fingerprint density at radius 3 is 3.00 bits per heavy atom.